The Morgan fingerprint density at radius 3 is 2.78 bits per heavy atom. The molecule has 0 spiro atoms. The number of hydrogen-bond acceptors (Lipinski definition) is 4. The van der Waals surface area contributed by atoms with Crippen LogP contribution >= 0.6 is 15.9 Å². The van der Waals surface area contributed by atoms with Gasteiger partial charge in [0.1, 0.15) is 5.82 Å². The van der Waals surface area contributed by atoms with E-state index in [0.29, 0.717) is 12.1 Å². The molecular formula is C12H12BrN5. The molecule has 0 saturated carbocycles. The van der Waals surface area contributed by atoms with Crippen molar-refractivity contribution in [1.82, 2.24) is 14.8 Å². The van der Waals surface area contributed by atoms with Crippen LogP contribution in [0.4, 0.5) is 5.69 Å². The quantitative estimate of drug-likeness (QED) is 0.945. The summed E-state index contributed by atoms with van der Waals surface area (Å²) in [6.07, 6.45) is 0. The van der Waals surface area contributed by atoms with E-state index < -0.39 is 0 Å². The van der Waals surface area contributed by atoms with Gasteiger partial charge in [0.05, 0.1) is 18.2 Å². The largest absolute Gasteiger partial charge is 0.377 e. The summed E-state index contributed by atoms with van der Waals surface area (Å²) in [4.78, 5) is 0. The van der Waals surface area contributed by atoms with Gasteiger partial charge >= 0.3 is 0 Å². The van der Waals surface area contributed by atoms with Crippen LogP contribution in [0.3, 0.4) is 0 Å². The van der Waals surface area contributed by atoms with E-state index in [-0.39, 0.29) is 0 Å². The maximum Gasteiger partial charge on any atom is 0.152 e. The molecule has 0 radical (unpaired) electrons. The lowest BCUT2D eigenvalue weighted by atomic mass is 10.2. The molecule has 1 aromatic carbocycles. The average Bonchev–Trinajstić information content (AvgIpc) is 2.68. The Hall–Kier alpha value is -1.87. The Morgan fingerprint density at radius 2 is 2.22 bits per heavy atom. The van der Waals surface area contributed by atoms with E-state index >= 15 is 0 Å². The van der Waals surface area contributed by atoms with Crippen molar-refractivity contribution in [2.75, 3.05) is 5.32 Å². The van der Waals surface area contributed by atoms with Crippen molar-refractivity contribution in [3.63, 3.8) is 0 Å². The van der Waals surface area contributed by atoms with Gasteiger partial charge in [0.15, 0.2) is 5.82 Å². The summed E-state index contributed by atoms with van der Waals surface area (Å²) in [5.74, 6) is 1.74. The second kappa shape index (κ2) is 5.19. The van der Waals surface area contributed by atoms with Crippen LogP contribution in [0.25, 0.3) is 0 Å². The number of halogens is 1. The van der Waals surface area contributed by atoms with Gasteiger partial charge in [0, 0.05) is 17.2 Å². The molecule has 18 heavy (non-hydrogen) atoms. The number of nitrogens with zero attached hydrogens (tertiary/aromatic N) is 4. The maximum absolute atomic E-state index is 8.79. The molecule has 6 heteroatoms. The summed E-state index contributed by atoms with van der Waals surface area (Å²) < 4.78 is 2.80. The summed E-state index contributed by atoms with van der Waals surface area (Å²) in [5.41, 5.74) is 1.55. The van der Waals surface area contributed by atoms with E-state index in [2.05, 4.69) is 37.5 Å². The molecule has 92 valence electrons. The predicted molar refractivity (Wildman–Crippen MR) is 71.9 cm³/mol. The second-order valence-corrected chi connectivity index (χ2v) is 4.74. The van der Waals surface area contributed by atoms with Gasteiger partial charge in [-0.05, 0) is 41.1 Å². The van der Waals surface area contributed by atoms with Gasteiger partial charge in [0.25, 0.3) is 0 Å². The number of nitrogens with one attached hydrogen (secondary N) is 1. The van der Waals surface area contributed by atoms with Crippen molar-refractivity contribution in [2.24, 2.45) is 7.05 Å². The minimum Gasteiger partial charge on any atom is -0.377 e. The van der Waals surface area contributed by atoms with Crippen molar-refractivity contribution < 1.29 is 0 Å². The summed E-state index contributed by atoms with van der Waals surface area (Å²) >= 11 is 3.43. The highest BCUT2D eigenvalue weighted by atomic mass is 79.9. The molecule has 0 aliphatic rings. The summed E-state index contributed by atoms with van der Waals surface area (Å²) in [7, 11) is 1.93. The fraction of sp³-hybridized carbons (Fsp3) is 0.250. The molecule has 0 fully saturated rings. The van der Waals surface area contributed by atoms with E-state index in [1.54, 1.807) is 12.1 Å². The Labute approximate surface area is 114 Å². The number of rotatable bonds is 3. The Balaban J connectivity index is 2.11. The van der Waals surface area contributed by atoms with Crippen LogP contribution in [0.1, 0.15) is 17.2 Å². The second-order valence-electron chi connectivity index (χ2n) is 3.88. The number of hydrogen-bond donors (Lipinski definition) is 1. The number of aromatic nitrogens is 3. The minimum atomic E-state index is 0.585. The molecule has 0 bridgehead atoms. The van der Waals surface area contributed by atoms with Crippen molar-refractivity contribution in [3.8, 4) is 6.07 Å². The molecular weight excluding hydrogens is 294 g/mol. The lowest BCUT2D eigenvalue weighted by molar-refractivity contribution is 0.789. The first-order valence-corrected chi connectivity index (χ1v) is 6.19. The number of nitriles is 1. The topological polar surface area (TPSA) is 66.5 Å². The third-order valence-corrected chi connectivity index (χ3v) is 3.37. The van der Waals surface area contributed by atoms with E-state index in [9.17, 15) is 0 Å². The lowest BCUT2D eigenvalue weighted by Crippen LogP contribution is -2.07. The molecule has 0 amide bonds. The lowest BCUT2D eigenvalue weighted by Gasteiger charge is -2.08. The molecule has 1 aromatic heterocycles. The number of benzene rings is 1. The maximum atomic E-state index is 8.79. The summed E-state index contributed by atoms with van der Waals surface area (Å²) in [5, 5.41) is 20.1. The van der Waals surface area contributed by atoms with Crippen LogP contribution in [0.2, 0.25) is 0 Å². The van der Waals surface area contributed by atoms with Gasteiger partial charge < -0.3 is 9.88 Å². The molecule has 2 aromatic rings. The molecule has 1 heterocycles. The van der Waals surface area contributed by atoms with Gasteiger partial charge in [-0.1, -0.05) is 0 Å². The molecule has 5 nitrogen and oxygen atoms in total. The van der Waals surface area contributed by atoms with Gasteiger partial charge in [-0.2, -0.15) is 5.26 Å². The smallest absolute Gasteiger partial charge is 0.152 e. The first-order valence-electron chi connectivity index (χ1n) is 5.40. The molecule has 0 aliphatic heterocycles. The summed E-state index contributed by atoms with van der Waals surface area (Å²) in [6.45, 7) is 2.50. The highest BCUT2D eigenvalue weighted by Gasteiger charge is 2.06. The van der Waals surface area contributed by atoms with Crippen LogP contribution < -0.4 is 5.32 Å². The molecule has 1 N–H and O–H groups in total. The molecule has 0 atom stereocenters. The fourth-order valence-electron chi connectivity index (χ4n) is 1.51. The first kappa shape index (κ1) is 12.6. The average molecular weight is 306 g/mol. The van der Waals surface area contributed by atoms with Crippen molar-refractivity contribution in [1.29, 1.82) is 5.26 Å². The number of aryl methyl sites for hydroxylation is 1. The van der Waals surface area contributed by atoms with E-state index in [1.165, 1.54) is 0 Å². The first-order chi connectivity index (χ1) is 8.61. The van der Waals surface area contributed by atoms with Gasteiger partial charge in [0.2, 0.25) is 0 Å². The standard InChI is InChI=1S/C12H12BrN5/c1-8-16-17-12(18(8)2)7-15-11-4-3-9(6-14)5-10(11)13/h3-5,15H,7H2,1-2H3. The van der Waals surface area contributed by atoms with Gasteiger partial charge in [-0.3, -0.25) is 0 Å². The highest BCUT2D eigenvalue weighted by Crippen LogP contribution is 2.23. The molecule has 0 unspecified atom stereocenters. The van der Waals surface area contributed by atoms with Crippen LogP contribution in [-0.2, 0) is 13.6 Å². The predicted octanol–water partition coefficient (Wildman–Crippen LogP) is 2.37. The third-order valence-electron chi connectivity index (χ3n) is 2.72. The van der Waals surface area contributed by atoms with Crippen molar-refractivity contribution >= 4 is 21.6 Å². The van der Waals surface area contributed by atoms with Crippen LogP contribution in [0.5, 0.6) is 0 Å². The SMILES string of the molecule is Cc1nnc(CNc2ccc(C#N)cc2Br)n1C. The Kier molecular flexibility index (Phi) is 3.63. The Bertz CT molecular complexity index is 611. The van der Waals surface area contributed by atoms with E-state index in [0.717, 1.165) is 21.8 Å². The van der Waals surface area contributed by atoms with E-state index in [4.69, 9.17) is 5.26 Å². The highest BCUT2D eigenvalue weighted by molar-refractivity contribution is 9.10. The zero-order valence-electron chi connectivity index (χ0n) is 10.1. The van der Waals surface area contributed by atoms with Crippen LogP contribution in [-0.4, -0.2) is 14.8 Å². The molecule has 0 aliphatic carbocycles. The zero-order valence-corrected chi connectivity index (χ0v) is 11.7. The van der Waals surface area contributed by atoms with E-state index in [1.807, 2.05) is 24.6 Å². The zero-order chi connectivity index (χ0) is 13.1. The normalized spacial score (nSPS) is 10.1. The third kappa shape index (κ3) is 2.51. The minimum absolute atomic E-state index is 0.585. The van der Waals surface area contributed by atoms with Gasteiger partial charge in [-0.25, -0.2) is 0 Å². The van der Waals surface area contributed by atoms with Crippen molar-refractivity contribution in [3.05, 3.63) is 39.9 Å². The van der Waals surface area contributed by atoms with Crippen molar-refractivity contribution in [2.45, 2.75) is 13.5 Å². The monoisotopic (exact) mass is 305 g/mol. The van der Waals surface area contributed by atoms with Gasteiger partial charge in [-0.15, -0.1) is 10.2 Å². The molecule has 2 rings (SSSR count). The van der Waals surface area contributed by atoms with Crippen LogP contribution in [0, 0.1) is 18.3 Å². The van der Waals surface area contributed by atoms with Crippen LogP contribution in [0.15, 0.2) is 22.7 Å². The Morgan fingerprint density at radius 1 is 1.44 bits per heavy atom. The fourth-order valence-corrected chi connectivity index (χ4v) is 2.03. The number of anilines is 1. The molecule has 0 saturated heterocycles. The summed E-state index contributed by atoms with van der Waals surface area (Å²) in [6, 6.07) is 7.52.